The summed E-state index contributed by atoms with van der Waals surface area (Å²) in [5, 5.41) is 2.01. The number of rotatable bonds is 4. The van der Waals surface area contributed by atoms with Crippen LogP contribution in [0, 0.1) is 0 Å². The van der Waals surface area contributed by atoms with Crippen molar-refractivity contribution in [1.29, 1.82) is 0 Å². The van der Waals surface area contributed by atoms with Crippen LogP contribution < -0.4 is 0 Å². The molecule has 0 saturated heterocycles. The molecule has 106 valence electrons. The van der Waals surface area contributed by atoms with E-state index in [0.717, 1.165) is 29.0 Å². The molecule has 0 spiro atoms. The lowest BCUT2D eigenvalue weighted by molar-refractivity contribution is 0.643. The van der Waals surface area contributed by atoms with E-state index in [-0.39, 0.29) is 0 Å². The van der Waals surface area contributed by atoms with Crippen LogP contribution in [0.15, 0.2) is 36.4 Å². The minimum absolute atomic E-state index is 0.514. The van der Waals surface area contributed by atoms with Crippen molar-refractivity contribution in [2.24, 2.45) is 0 Å². The van der Waals surface area contributed by atoms with E-state index in [2.05, 4.69) is 19.9 Å². The highest BCUT2D eigenvalue weighted by Crippen LogP contribution is 2.36. The standard InChI is InChI=1S/C17H17Cl3/c1-3-11(4-2)16-6-5-13(18)10-17(16)12-7-14(19)9-15(20)8-12/h5-11H,3-4H2,1-2H3. The summed E-state index contributed by atoms with van der Waals surface area (Å²) in [5.74, 6) is 0.514. The van der Waals surface area contributed by atoms with E-state index in [1.165, 1.54) is 5.56 Å². The van der Waals surface area contributed by atoms with Crippen molar-refractivity contribution < 1.29 is 0 Å². The highest BCUT2D eigenvalue weighted by atomic mass is 35.5. The van der Waals surface area contributed by atoms with Crippen LogP contribution in [0.5, 0.6) is 0 Å². The zero-order valence-corrected chi connectivity index (χ0v) is 13.9. The predicted octanol–water partition coefficient (Wildman–Crippen LogP) is 7.22. The van der Waals surface area contributed by atoms with Gasteiger partial charge in [0, 0.05) is 15.1 Å². The third-order valence-corrected chi connectivity index (χ3v) is 4.29. The first kappa shape index (κ1) is 15.7. The van der Waals surface area contributed by atoms with Crippen molar-refractivity contribution in [3.63, 3.8) is 0 Å². The van der Waals surface area contributed by atoms with Crippen molar-refractivity contribution in [2.75, 3.05) is 0 Å². The fourth-order valence-electron chi connectivity index (χ4n) is 2.57. The molecule has 0 amide bonds. The lowest BCUT2D eigenvalue weighted by atomic mass is 9.87. The van der Waals surface area contributed by atoms with E-state index < -0.39 is 0 Å². The monoisotopic (exact) mass is 326 g/mol. The molecule has 20 heavy (non-hydrogen) atoms. The molecule has 0 heterocycles. The molecular formula is C17H17Cl3. The third kappa shape index (κ3) is 3.49. The van der Waals surface area contributed by atoms with Crippen LogP contribution in [0.1, 0.15) is 38.2 Å². The lowest BCUT2D eigenvalue weighted by Crippen LogP contribution is -1.98. The molecule has 0 aliphatic heterocycles. The highest BCUT2D eigenvalue weighted by molar-refractivity contribution is 6.35. The minimum Gasteiger partial charge on any atom is -0.0843 e. The SMILES string of the molecule is CCC(CC)c1ccc(Cl)cc1-c1cc(Cl)cc(Cl)c1. The summed E-state index contributed by atoms with van der Waals surface area (Å²) in [4.78, 5) is 0. The Bertz CT molecular complexity index is 581. The number of hydrogen-bond acceptors (Lipinski definition) is 0. The van der Waals surface area contributed by atoms with Crippen molar-refractivity contribution in [3.05, 3.63) is 57.0 Å². The third-order valence-electron chi connectivity index (χ3n) is 3.61. The summed E-state index contributed by atoms with van der Waals surface area (Å²) in [5.41, 5.74) is 3.44. The summed E-state index contributed by atoms with van der Waals surface area (Å²) >= 11 is 18.4. The van der Waals surface area contributed by atoms with Crippen LogP contribution in [0.3, 0.4) is 0 Å². The van der Waals surface area contributed by atoms with Gasteiger partial charge in [-0.1, -0.05) is 54.7 Å². The van der Waals surface area contributed by atoms with Crippen LogP contribution in [-0.4, -0.2) is 0 Å². The highest BCUT2D eigenvalue weighted by Gasteiger charge is 2.14. The molecule has 0 fully saturated rings. The predicted molar refractivity (Wildman–Crippen MR) is 90.2 cm³/mol. The molecule has 3 heteroatoms. The Morgan fingerprint density at radius 1 is 0.800 bits per heavy atom. The fraction of sp³-hybridized carbons (Fsp3) is 0.294. The van der Waals surface area contributed by atoms with Gasteiger partial charge in [0.1, 0.15) is 0 Å². The second-order valence-electron chi connectivity index (χ2n) is 4.90. The normalized spacial score (nSPS) is 11.1. The smallest absolute Gasteiger partial charge is 0.0426 e. The van der Waals surface area contributed by atoms with Crippen molar-refractivity contribution in [2.45, 2.75) is 32.6 Å². The molecule has 0 bridgehead atoms. The zero-order chi connectivity index (χ0) is 14.7. The van der Waals surface area contributed by atoms with Crippen LogP contribution >= 0.6 is 34.8 Å². The molecule has 0 aromatic heterocycles. The topological polar surface area (TPSA) is 0 Å². The van der Waals surface area contributed by atoms with E-state index in [4.69, 9.17) is 34.8 Å². The second-order valence-corrected chi connectivity index (χ2v) is 6.21. The molecule has 0 aliphatic carbocycles. The number of benzene rings is 2. The van der Waals surface area contributed by atoms with Gasteiger partial charge in [-0.2, -0.15) is 0 Å². The van der Waals surface area contributed by atoms with Gasteiger partial charge in [0.05, 0.1) is 0 Å². The number of hydrogen-bond donors (Lipinski definition) is 0. The van der Waals surface area contributed by atoms with E-state index in [1.807, 2.05) is 24.3 Å². The molecular weight excluding hydrogens is 311 g/mol. The van der Waals surface area contributed by atoms with Gasteiger partial charge in [0.25, 0.3) is 0 Å². The Hall–Kier alpha value is -0.690. The van der Waals surface area contributed by atoms with Gasteiger partial charge < -0.3 is 0 Å². The molecule has 0 radical (unpaired) electrons. The molecule has 2 aromatic carbocycles. The number of halogens is 3. The van der Waals surface area contributed by atoms with Gasteiger partial charge in [-0.3, -0.25) is 0 Å². The maximum absolute atomic E-state index is 6.17. The maximum atomic E-state index is 6.17. The lowest BCUT2D eigenvalue weighted by Gasteiger charge is -2.18. The summed E-state index contributed by atoms with van der Waals surface area (Å²) in [7, 11) is 0. The first-order chi connectivity index (χ1) is 9.55. The van der Waals surface area contributed by atoms with Crippen molar-refractivity contribution in [1.82, 2.24) is 0 Å². The molecule has 0 nitrogen and oxygen atoms in total. The Labute approximate surface area is 135 Å². The van der Waals surface area contributed by atoms with Crippen LogP contribution in [-0.2, 0) is 0 Å². The molecule has 2 rings (SSSR count). The first-order valence-corrected chi connectivity index (χ1v) is 7.94. The zero-order valence-electron chi connectivity index (χ0n) is 11.6. The summed E-state index contributed by atoms with van der Waals surface area (Å²) in [6.45, 7) is 4.41. The Kier molecular flexibility index (Phi) is 5.37. The van der Waals surface area contributed by atoms with Crippen molar-refractivity contribution in [3.8, 4) is 11.1 Å². The van der Waals surface area contributed by atoms with E-state index in [1.54, 1.807) is 6.07 Å². The quantitative estimate of drug-likeness (QED) is 0.556. The Balaban J connectivity index is 2.62. The maximum Gasteiger partial charge on any atom is 0.0426 e. The van der Waals surface area contributed by atoms with Crippen LogP contribution in [0.2, 0.25) is 15.1 Å². The van der Waals surface area contributed by atoms with Gasteiger partial charge in [-0.25, -0.2) is 0 Å². The average Bonchev–Trinajstić information content (AvgIpc) is 2.40. The van der Waals surface area contributed by atoms with Gasteiger partial charge in [-0.05, 0) is 65.8 Å². The molecule has 0 aliphatic rings. The average molecular weight is 328 g/mol. The molecule has 0 N–H and O–H groups in total. The summed E-state index contributed by atoms with van der Waals surface area (Å²) in [6, 6.07) is 11.7. The molecule has 0 saturated carbocycles. The van der Waals surface area contributed by atoms with Gasteiger partial charge in [0.15, 0.2) is 0 Å². The van der Waals surface area contributed by atoms with Gasteiger partial charge >= 0.3 is 0 Å². The molecule has 0 unspecified atom stereocenters. The van der Waals surface area contributed by atoms with E-state index in [0.29, 0.717) is 16.0 Å². The Morgan fingerprint density at radius 3 is 1.95 bits per heavy atom. The molecule has 0 atom stereocenters. The largest absolute Gasteiger partial charge is 0.0843 e. The van der Waals surface area contributed by atoms with Crippen molar-refractivity contribution >= 4 is 34.8 Å². The van der Waals surface area contributed by atoms with Crippen LogP contribution in [0.25, 0.3) is 11.1 Å². The summed E-state index contributed by atoms with van der Waals surface area (Å²) in [6.07, 6.45) is 2.19. The fourth-order valence-corrected chi connectivity index (χ4v) is 3.27. The van der Waals surface area contributed by atoms with E-state index in [9.17, 15) is 0 Å². The first-order valence-electron chi connectivity index (χ1n) is 6.81. The van der Waals surface area contributed by atoms with Crippen LogP contribution in [0.4, 0.5) is 0 Å². The molecule has 2 aromatic rings. The minimum atomic E-state index is 0.514. The van der Waals surface area contributed by atoms with Gasteiger partial charge in [-0.15, -0.1) is 0 Å². The van der Waals surface area contributed by atoms with Gasteiger partial charge in [0.2, 0.25) is 0 Å². The Morgan fingerprint density at radius 2 is 1.40 bits per heavy atom. The second kappa shape index (κ2) is 6.85. The van der Waals surface area contributed by atoms with E-state index >= 15 is 0 Å². The summed E-state index contributed by atoms with van der Waals surface area (Å²) < 4.78 is 0.